The minimum atomic E-state index is -0.725. The first-order valence-electron chi connectivity index (χ1n) is 8.36. The Labute approximate surface area is 126 Å². The maximum absolute atomic E-state index is 12.1. The van der Waals surface area contributed by atoms with Gasteiger partial charge in [-0.1, -0.05) is 0 Å². The van der Waals surface area contributed by atoms with Gasteiger partial charge < -0.3 is 15.3 Å². The molecule has 5 nitrogen and oxygen atoms in total. The number of likely N-dealkylation sites (tertiary alicyclic amines) is 1. The Morgan fingerprint density at radius 1 is 1.05 bits per heavy atom. The van der Waals surface area contributed by atoms with Crippen molar-refractivity contribution in [2.45, 2.75) is 38.5 Å². The van der Waals surface area contributed by atoms with Gasteiger partial charge in [-0.25, -0.2) is 0 Å². The number of piperidine rings is 1. The fourth-order valence-corrected chi connectivity index (χ4v) is 3.60. The molecule has 1 amide bonds. The van der Waals surface area contributed by atoms with Gasteiger partial charge in [0.05, 0.1) is 12.5 Å². The van der Waals surface area contributed by atoms with Crippen LogP contribution in [0.4, 0.5) is 0 Å². The zero-order valence-electron chi connectivity index (χ0n) is 12.6. The van der Waals surface area contributed by atoms with Crippen molar-refractivity contribution in [1.82, 2.24) is 10.2 Å². The van der Waals surface area contributed by atoms with Gasteiger partial charge in [-0.2, -0.15) is 0 Å². The predicted octanol–water partition coefficient (Wildman–Crippen LogP) is 1.34. The molecule has 2 N–H and O–H groups in total. The molecule has 3 rings (SSSR count). The van der Waals surface area contributed by atoms with E-state index >= 15 is 0 Å². The lowest BCUT2D eigenvalue weighted by Gasteiger charge is -2.30. The molecule has 21 heavy (non-hydrogen) atoms. The topological polar surface area (TPSA) is 69.6 Å². The van der Waals surface area contributed by atoms with Crippen molar-refractivity contribution in [3.63, 3.8) is 0 Å². The summed E-state index contributed by atoms with van der Waals surface area (Å²) in [4.78, 5) is 24.9. The van der Waals surface area contributed by atoms with E-state index in [0.29, 0.717) is 32.5 Å². The van der Waals surface area contributed by atoms with Crippen molar-refractivity contribution in [1.29, 1.82) is 0 Å². The summed E-state index contributed by atoms with van der Waals surface area (Å²) in [5, 5.41) is 12.3. The fraction of sp³-hybridized carbons (Fsp3) is 0.875. The van der Waals surface area contributed by atoms with Gasteiger partial charge in [-0.15, -0.1) is 0 Å². The van der Waals surface area contributed by atoms with Crippen molar-refractivity contribution in [3.8, 4) is 0 Å². The van der Waals surface area contributed by atoms with E-state index in [4.69, 9.17) is 5.11 Å². The van der Waals surface area contributed by atoms with Gasteiger partial charge in [0.25, 0.3) is 0 Å². The summed E-state index contributed by atoms with van der Waals surface area (Å²) in [5.41, 5.74) is 0. The van der Waals surface area contributed by atoms with Crippen molar-refractivity contribution in [3.05, 3.63) is 0 Å². The SMILES string of the molecule is O=C(O)C1CCN(C(=O)CNCC(C2CC2)C2CC2)CC1. The van der Waals surface area contributed by atoms with E-state index in [2.05, 4.69) is 5.32 Å². The van der Waals surface area contributed by atoms with Gasteiger partial charge in [-0.05, 0) is 62.8 Å². The average molecular weight is 294 g/mol. The van der Waals surface area contributed by atoms with Crippen molar-refractivity contribution in [2.75, 3.05) is 26.2 Å². The molecule has 118 valence electrons. The zero-order chi connectivity index (χ0) is 14.8. The van der Waals surface area contributed by atoms with Crippen LogP contribution in [0.2, 0.25) is 0 Å². The summed E-state index contributed by atoms with van der Waals surface area (Å²) in [6, 6.07) is 0. The summed E-state index contributed by atoms with van der Waals surface area (Å²) in [5.74, 6) is 1.74. The number of nitrogens with zero attached hydrogens (tertiary/aromatic N) is 1. The Hall–Kier alpha value is -1.10. The molecule has 3 fully saturated rings. The Morgan fingerprint density at radius 2 is 1.62 bits per heavy atom. The third kappa shape index (κ3) is 3.96. The molecular weight excluding hydrogens is 268 g/mol. The number of aliphatic carboxylic acids is 1. The van der Waals surface area contributed by atoms with Crippen LogP contribution in [-0.2, 0) is 9.59 Å². The number of carboxylic acid groups (broad SMARTS) is 1. The molecule has 0 unspecified atom stereocenters. The lowest BCUT2D eigenvalue weighted by molar-refractivity contribution is -0.145. The highest BCUT2D eigenvalue weighted by atomic mass is 16.4. The van der Waals surface area contributed by atoms with E-state index in [1.165, 1.54) is 25.7 Å². The summed E-state index contributed by atoms with van der Waals surface area (Å²) >= 11 is 0. The van der Waals surface area contributed by atoms with Gasteiger partial charge in [0.2, 0.25) is 5.91 Å². The van der Waals surface area contributed by atoms with Crippen LogP contribution in [0.25, 0.3) is 0 Å². The van der Waals surface area contributed by atoms with Crippen LogP contribution in [0.3, 0.4) is 0 Å². The van der Waals surface area contributed by atoms with Crippen molar-refractivity contribution in [2.24, 2.45) is 23.7 Å². The molecule has 0 bridgehead atoms. The van der Waals surface area contributed by atoms with E-state index in [9.17, 15) is 9.59 Å². The van der Waals surface area contributed by atoms with E-state index in [0.717, 1.165) is 24.3 Å². The van der Waals surface area contributed by atoms with Crippen molar-refractivity contribution >= 4 is 11.9 Å². The van der Waals surface area contributed by atoms with Crippen LogP contribution < -0.4 is 5.32 Å². The Kier molecular flexibility index (Phi) is 4.48. The van der Waals surface area contributed by atoms with E-state index < -0.39 is 5.97 Å². The van der Waals surface area contributed by atoms with Crippen LogP contribution in [0.5, 0.6) is 0 Å². The fourth-order valence-electron chi connectivity index (χ4n) is 3.60. The summed E-state index contributed by atoms with van der Waals surface area (Å²) in [6.45, 7) is 2.57. The molecule has 2 saturated carbocycles. The molecule has 0 aromatic carbocycles. The number of amides is 1. The van der Waals surface area contributed by atoms with E-state index in [1.54, 1.807) is 0 Å². The Bertz CT molecular complexity index is 384. The van der Waals surface area contributed by atoms with Gasteiger partial charge in [0.15, 0.2) is 0 Å². The number of carbonyl (C=O) groups excluding carboxylic acids is 1. The number of hydrogen-bond donors (Lipinski definition) is 2. The molecule has 5 heteroatoms. The number of carbonyl (C=O) groups is 2. The molecule has 0 spiro atoms. The summed E-state index contributed by atoms with van der Waals surface area (Å²) < 4.78 is 0. The Balaban J connectivity index is 1.35. The number of hydrogen-bond acceptors (Lipinski definition) is 3. The molecule has 1 saturated heterocycles. The maximum Gasteiger partial charge on any atom is 0.306 e. The van der Waals surface area contributed by atoms with Crippen LogP contribution in [0.1, 0.15) is 38.5 Å². The first-order valence-corrected chi connectivity index (χ1v) is 8.36. The summed E-state index contributed by atoms with van der Waals surface area (Å²) in [7, 11) is 0. The average Bonchev–Trinajstić information content (AvgIpc) is 3.37. The first-order chi connectivity index (χ1) is 10.1. The molecule has 2 aliphatic carbocycles. The maximum atomic E-state index is 12.1. The second-order valence-electron chi connectivity index (χ2n) is 6.96. The van der Waals surface area contributed by atoms with Crippen LogP contribution >= 0.6 is 0 Å². The highest BCUT2D eigenvalue weighted by molar-refractivity contribution is 5.78. The largest absolute Gasteiger partial charge is 0.481 e. The molecule has 0 radical (unpaired) electrons. The lowest BCUT2D eigenvalue weighted by atomic mass is 9.97. The van der Waals surface area contributed by atoms with Crippen molar-refractivity contribution < 1.29 is 14.7 Å². The molecular formula is C16H26N2O3. The van der Waals surface area contributed by atoms with Gasteiger partial charge in [0, 0.05) is 13.1 Å². The molecule has 0 aromatic heterocycles. The number of carboxylic acids is 1. The summed E-state index contributed by atoms with van der Waals surface area (Å²) in [6.07, 6.45) is 6.68. The van der Waals surface area contributed by atoms with Crippen LogP contribution in [0.15, 0.2) is 0 Å². The second-order valence-corrected chi connectivity index (χ2v) is 6.96. The smallest absolute Gasteiger partial charge is 0.306 e. The highest BCUT2D eigenvalue weighted by Gasteiger charge is 2.41. The standard InChI is InChI=1S/C16H26N2O3/c19-15(18-7-5-13(6-8-18)16(20)21)10-17-9-14(11-1-2-11)12-3-4-12/h11-14,17H,1-10H2,(H,20,21). The van der Waals surface area contributed by atoms with Gasteiger partial charge in [0.1, 0.15) is 0 Å². The monoisotopic (exact) mass is 294 g/mol. The molecule has 0 aromatic rings. The first kappa shape index (κ1) is 14.8. The minimum absolute atomic E-state index is 0.129. The normalized spacial score (nSPS) is 23.6. The highest BCUT2D eigenvalue weighted by Crippen LogP contribution is 2.48. The van der Waals surface area contributed by atoms with Gasteiger partial charge in [-0.3, -0.25) is 9.59 Å². The van der Waals surface area contributed by atoms with E-state index in [-0.39, 0.29) is 11.8 Å². The Morgan fingerprint density at radius 3 is 2.10 bits per heavy atom. The number of rotatable bonds is 7. The molecule has 1 aliphatic heterocycles. The predicted molar refractivity (Wildman–Crippen MR) is 78.7 cm³/mol. The number of nitrogens with one attached hydrogen (secondary N) is 1. The molecule has 1 heterocycles. The second kappa shape index (κ2) is 6.34. The van der Waals surface area contributed by atoms with Crippen LogP contribution in [-0.4, -0.2) is 48.1 Å². The van der Waals surface area contributed by atoms with E-state index in [1.807, 2.05) is 4.90 Å². The van der Waals surface area contributed by atoms with Gasteiger partial charge >= 0.3 is 5.97 Å². The third-order valence-corrected chi connectivity index (χ3v) is 5.31. The molecule has 3 aliphatic rings. The lowest BCUT2D eigenvalue weighted by Crippen LogP contribution is -2.44. The molecule has 0 atom stereocenters. The zero-order valence-corrected chi connectivity index (χ0v) is 12.6. The minimum Gasteiger partial charge on any atom is -0.481 e. The van der Waals surface area contributed by atoms with Crippen LogP contribution in [0, 0.1) is 23.7 Å². The third-order valence-electron chi connectivity index (χ3n) is 5.31. The quantitative estimate of drug-likeness (QED) is 0.743.